The van der Waals surface area contributed by atoms with Crippen LogP contribution in [0.2, 0.25) is 0 Å². The van der Waals surface area contributed by atoms with Gasteiger partial charge in [-0.3, -0.25) is 4.79 Å². The average molecular weight is 458 g/mol. The lowest BCUT2D eigenvalue weighted by atomic mass is 9.79. The first-order chi connectivity index (χ1) is 14.4. The van der Waals surface area contributed by atoms with Crippen molar-refractivity contribution in [3.63, 3.8) is 0 Å². The minimum atomic E-state index is -5.08. The molecule has 2 N–H and O–H groups in total. The fourth-order valence-corrected chi connectivity index (χ4v) is 4.69. The summed E-state index contributed by atoms with van der Waals surface area (Å²) in [6.45, 7) is 5.21. The summed E-state index contributed by atoms with van der Waals surface area (Å²) in [5, 5.41) is 9.98. The van der Waals surface area contributed by atoms with Gasteiger partial charge in [-0.1, -0.05) is 0 Å². The normalized spacial score (nSPS) is 31.3. The lowest BCUT2D eigenvalue weighted by Gasteiger charge is -2.38. The molecule has 0 aromatic carbocycles. The fraction of sp³-hybridized carbons (Fsp3) is 0.895. The Morgan fingerprint density at radius 2 is 1.74 bits per heavy atom. The van der Waals surface area contributed by atoms with Gasteiger partial charge in [0.15, 0.2) is 0 Å². The van der Waals surface area contributed by atoms with Crippen LogP contribution in [-0.2, 0) is 19.1 Å². The van der Waals surface area contributed by atoms with E-state index in [0.717, 1.165) is 39.1 Å². The van der Waals surface area contributed by atoms with E-state index in [9.17, 15) is 26.7 Å². The summed E-state index contributed by atoms with van der Waals surface area (Å²) in [4.78, 5) is 24.1. The molecule has 1 saturated carbocycles. The molecular weight excluding hydrogens is 431 g/mol. The SMILES string of the molecule is O=C(NC1CC(F)(F)C1)[C@]12COC[C@H]1CN(CC1CCOCC1)C2.O=C(O)C(F)(F)F. The predicted octanol–water partition coefficient (Wildman–Crippen LogP) is 1.91. The monoisotopic (exact) mass is 458 g/mol. The molecule has 0 unspecified atom stereocenters. The minimum Gasteiger partial charge on any atom is -0.475 e. The standard InChI is InChI=1S/C17H26F2N2O3.C2HF3O2/c18-17(19)5-14(6-17)20-15(22)16-10-21(8-13(16)9-24-11-16)7-12-1-3-23-4-2-12;3-2(4,5)1(6)7/h12-14H,1-11H2,(H,20,22);(H,6,7)/t13-,16-;/m1./s1. The maximum atomic E-state index is 13.0. The number of carbonyl (C=O) groups excluding carboxylic acids is 1. The third-order valence-corrected chi connectivity index (χ3v) is 6.42. The van der Waals surface area contributed by atoms with Gasteiger partial charge in [-0.2, -0.15) is 13.2 Å². The average Bonchev–Trinajstić information content (AvgIpc) is 3.18. The molecule has 3 aliphatic heterocycles. The first-order valence-electron chi connectivity index (χ1n) is 10.3. The quantitative estimate of drug-likeness (QED) is 0.626. The summed E-state index contributed by atoms with van der Waals surface area (Å²) in [5.41, 5.74) is -0.546. The lowest BCUT2D eigenvalue weighted by molar-refractivity contribution is -0.192. The van der Waals surface area contributed by atoms with Crippen LogP contribution in [0.25, 0.3) is 0 Å². The van der Waals surface area contributed by atoms with Crippen molar-refractivity contribution < 1.29 is 46.1 Å². The third-order valence-electron chi connectivity index (χ3n) is 6.42. The Labute approximate surface area is 176 Å². The van der Waals surface area contributed by atoms with Gasteiger partial charge in [-0.15, -0.1) is 0 Å². The molecular formula is C19H27F5N2O5. The summed E-state index contributed by atoms with van der Waals surface area (Å²) >= 11 is 0. The largest absolute Gasteiger partial charge is 0.490 e. The zero-order valence-corrected chi connectivity index (χ0v) is 16.9. The van der Waals surface area contributed by atoms with Crippen molar-refractivity contribution in [2.45, 2.75) is 43.8 Å². The molecule has 178 valence electrons. The number of halogens is 5. The van der Waals surface area contributed by atoms with Gasteiger partial charge in [0, 0.05) is 57.6 Å². The Morgan fingerprint density at radius 3 is 2.29 bits per heavy atom. The molecule has 4 fully saturated rings. The number of carbonyl (C=O) groups is 2. The van der Waals surface area contributed by atoms with Crippen molar-refractivity contribution in [2.24, 2.45) is 17.3 Å². The summed E-state index contributed by atoms with van der Waals surface area (Å²) in [6, 6.07) is -0.382. The number of rotatable bonds is 4. The van der Waals surface area contributed by atoms with E-state index >= 15 is 0 Å². The topological polar surface area (TPSA) is 88.1 Å². The van der Waals surface area contributed by atoms with Crippen LogP contribution in [0.15, 0.2) is 0 Å². The Kier molecular flexibility index (Phi) is 7.11. The summed E-state index contributed by atoms with van der Waals surface area (Å²) in [7, 11) is 0. The van der Waals surface area contributed by atoms with Gasteiger partial charge in [0.1, 0.15) is 0 Å². The third kappa shape index (κ3) is 5.83. The number of likely N-dealkylation sites (tertiary alicyclic amines) is 1. The summed E-state index contributed by atoms with van der Waals surface area (Å²) in [5.74, 6) is -4.64. The molecule has 1 amide bonds. The molecule has 12 heteroatoms. The Hall–Kier alpha value is -1.53. The zero-order valence-electron chi connectivity index (χ0n) is 16.9. The van der Waals surface area contributed by atoms with Crippen LogP contribution in [-0.4, -0.2) is 86.1 Å². The number of hydrogen-bond donors (Lipinski definition) is 2. The van der Waals surface area contributed by atoms with Crippen LogP contribution >= 0.6 is 0 Å². The molecule has 1 aliphatic carbocycles. The molecule has 3 saturated heterocycles. The lowest BCUT2D eigenvalue weighted by Crippen LogP contribution is -2.56. The van der Waals surface area contributed by atoms with Crippen molar-refractivity contribution in [1.29, 1.82) is 0 Å². The van der Waals surface area contributed by atoms with E-state index in [1.807, 2.05) is 0 Å². The van der Waals surface area contributed by atoms with Crippen LogP contribution in [0, 0.1) is 17.3 Å². The van der Waals surface area contributed by atoms with Gasteiger partial charge in [0.25, 0.3) is 5.92 Å². The van der Waals surface area contributed by atoms with Gasteiger partial charge < -0.3 is 24.8 Å². The number of aliphatic carboxylic acids is 1. The number of hydrogen-bond acceptors (Lipinski definition) is 5. The first-order valence-corrected chi connectivity index (χ1v) is 10.3. The second-order valence-electron chi connectivity index (χ2n) is 8.86. The molecule has 3 heterocycles. The number of amides is 1. The second-order valence-corrected chi connectivity index (χ2v) is 8.86. The van der Waals surface area contributed by atoms with Crippen LogP contribution < -0.4 is 5.32 Å². The molecule has 4 aliphatic rings. The van der Waals surface area contributed by atoms with Crippen molar-refractivity contribution in [3.8, 4) is 0 Å². The van der Waals surface area contributed by atoms with E-state index in [4.69, 9.17) is 19.4 Å². The van der Waals surface area contributed by atoms with Crippen molar-refractivity contribution in [3.05, 3.63) is 0 Å². The fourth-order valence-electron chi connectivity index (χ4n) is 4.69. The highest BCUT2D eigenvalue weighted by Gasteiger charge is 2.57. The number of carboxylic acid groups (broad SMARTS) is 1. The zero-order chi connectivity index (χ0) is 22.9. The smallest absolute Gasteiger partial charge is 0.475 e. The maximum Gasteiger partial charge on any atom is 0.490 e. The number of fused-ring (bicyclic) bond motifs is 1. The number of carboxylic acids is 1. The van der Waals surface area contributed by atoms with Gasteiger partial charge >= 0.3 is 12.1 Å². The van der Waals surface area contributed by atoms with Crippen molar-refractivity contribution in [1.82, 2.24) is 10.2 Å². The molecule has 2 atom stereocenters. The highest BCUT2D eigenvalue weighted by atomic mass is 19.4. The van der Waals surface area contributed by atoms with E-state index in [1.165, 1.54) is 0 Å². The number of nitrogens with one attached hydrogen (secondary N) is 1. The van der Waals surface area contributed by atoms with Crippen molar-refractivity contribution in [2.75, 3.05) is 46.1 Å². The summed E-state index contributed by atoms with van der Waals surface area (Å²) < 4.78 is 68.8. The summed E-state index contributed by atoms with van der Waals surface area (Å²) in [6.07, 6.45) is -3.39. The molecule has 0 spiro atoms. The van der Waals surface area contributed by atoms with Crippen LogP contribution in [0.5, 0.6) is 0 Å². The maximum absolute atomic E-state index is 13.0. The Bertz CT molecular complexity index is 663. The van der Waals surface area contributed by atoms with Crippen LogP contribution in [0.1, 0.15) is 25.7 Å². The first kappa shape index (κ1) is 24.1. The van der Waals surface area contributed by atoms with E-state index in [-0.39, 0.29) is 30.7 Å². The predicted molar refractivity (Wildman–Crippen MR) is 96.5 cm³/mol. The van der Waals surface area contributed by atoms with E-state index in [0.29, 0.717) is 25.7 Å². The molecule has 0 aromatic rings. The number of alkyl halides is 5. The second kappa shape index (κ2) is 9.14. The van der Waals surface area contributed by atoms with Crippen LogP contribution in [0.3, 0.4) is 0 Å². The number of ether oxygens (including phenoxy) is 2. The van der Waals surface area contributed by atoms with Crippen LogP contribution in [0.4, 0.5) is 22.0 Å². The molecule has 0 bridgehead atoms. The molecule has 4 rings (SSSR count). The Morgan fingerprint density at radius 1 is 1.13 bits per heavy atom. The van der Waals surface area contributed by atoms with Gasteiger partial charge in [-0.25, -0.2) is 13.6 Å². The van der Waals surface area contributed by atoms with Gasteiger partial charge in [0.05, 0.1) is 18.6 Å². The Balaban J connectivity index is 0.000000339. The van der Waals surface area contributed by atoms with E-state index in [1.54, 1.807) is 0 Å². The van der Waals surface area contributed by atoms with E-state index < -0.39 is 23.5 Å². The molecule has 0 aromatic heterocycles. The van der Waals surface area contributed by atoms with E-state index in [2.05, 4.69) is 10.2 Å². The number of nitrogens with zero attached hydrogens (tertiary/aromatic N) is 1. The molecule has 7 nitrogen and oxygen atoms in total. The highest BCUT2D eigenvalue weighted by molar-refractivity contribution is 5.84. The molecule has 31 heavy (non-hydrogen) atoms. The van der Waals surface area contributed by atoms with Gasteiger partial charge in [0.2, 0.25) is 5.91 Å². The minimum absolute atomic E-state index is 0.0834. The molecule has 0 radical (unpaired) electrons. The van der Waals surface area contributed by atoms with Crippen molar-refractivity contribution >= 4 is 11.9 Å². The highest BCUT2D eigenvalue weighted by Crippen LogP contribution is 2.44. The van der Waals surface area contributed by atoms with Gasteiger partial charge in [-0.05, 0) is 18.8 Å².